The molecule has 28 heavy (non-hydrogen) atoms. The van der Waals surface area contributed by atoms with E-state index in [2.05, 4.69) is 35.3 Å². The average molecular weight is 387 g/mol. The van der Waals surface area contributed by atoms with Gasteiger partial charge in [0.15, 0.2) is 0 Å². The van der Waals surface area contributed by atoms with E-state index in [4.69, 9.17) is 4.74 Å². The molecular formula is C23H34N2O3. The number of aliphatic hydroxyl groups excluding tert-OH is 2. The summed E-state index contributed by atoms with van der Waals surface area (Å²) < 4.78 is 5.80. The lowest BCUT2D eigenvalue weighted by Crippen LogP contribution is -2.32. The first-order valence-electron chi connectivity index (χ1n) is 10.1. The summed E-state index contributed by atoms with van der Waals surface area (Å²) in [5.74, 6) is 0.631. The molecule has 0 heterocycles. The van der Waals surface area contributed by atoms with Crippen molar-refractivity contribution in [1.29, 1.82) is 0 Å². The minimum Gasteiger partial charge on any atom is -0.490 e. The Balaban J connectivity index is 1.92. The summed E-state index contributed by atoms with van der Waals surface area (Å²) in [7, 11) is 4.04. The number of hydrogen-bond donors (Lipinski definition) is 3. The molecule has 0 spiro atoms. The van der Waals surface area contributed by atoms with Gasteiger partial charge in [0.1, 0.15) is 18.5 Å². The molecule has 0 saturated carbocycles. The van der Waals surface area contributed by atoms with E-state index in [-0.39, 0.29) is 6.61 Å². The van der Waals surface area contributed by atoms with Gasteiger partial charge in [-0.2, -0.15) is 0 Å². The van der Waals surface area contributed by atoms with Crippen LogP contribution in [0, 0.1) is 0 Å². The van der Waals surface area contributed by atoms with Crippen molar-refractivity contribution in [3.05, 3.63) is 59.7 Å². The van der Waals surface area contributed by atoms with Gasteiger partial charge in [-0.15, -0.1) is 0 Å². The highest BCUT2D eigenvalue weighted by Crippen LogP contribution is 2.28. The standard InChI is InChI=1S/C23H34N2O3/c1-4-14-24-16-20(26)17-28-23-11-6-5-10-21(23)22(27)13-12-18-8-7-9-19(15-18)25(2)3/h5-11,15,20,22,24,26-27H,4,12-14,16-17H2,1-3H3. The molecule has 0 amide bonds. The minimum atomic E-state index is -0.616. The van der Waals surface area contributed by atoms with Gasteiger partial charge in [0.05, 0.1) is 6.10 Å². The van der Waals surface area contributed by atoms with Crippen molar-refractivity contribution >= 4 is 5.69 Å². The third kappa shape index (κ3) is 7.15. The Hall–Kier alpha value is -2.08. The van der Waals surface area contributed by atoms with Gasteiger partial charge in [0, 0.05) is 31.9 Å². The Kier molecular flexibility index (Phi) is 9.28. The van der Waals surface area contributed by atoms with Crippen molar-refractivity contribution in [2.75, 3.05) is 38.7 Å². The maximum absolute atomic E-state index is 10.7. The van der Waals surface area contributed by atoms with E-state index in [1.165, 1.54) is 5.56 Å². The minimum absolute atomic E-state index is 0.200. The Morgan fingerprint density at radius 1 is 1.07 bits per heavy atom. The molecule has 2 unspecified atom stereocenters. The molecule has 5 heteroatoms. The molecular weight excluding hydrogens is 352 g/mol. The van der Waals surface area contributed by atoms with Gasteiger partial charge in [-0.25, -0.2) is 0 Å². The molecule has 0 bridgehead atoms. The zero-order valence-corrected chi connectivity index (χ0v) is 17.3. The third-order valence-corrected chi connectivity index (χ3v) is 4.65. The van der Waals surface area contributed by atoms with Crippen LogP contribution in [-0.4, -0.2) is 50.1 Å². The number of para-hydroxylation sites is 1. The maximum Gasteiger partial charge on any atom is 0.125 e. The number of aryl methyl sites for hydroxylation is 1. The molecule has 2 aromatic carbocycles. The van der Waals surface area contributed by atoms with Crippen LogP contribution < -0.4 is 15.0 Å². The Bertz CT molecular complexity index is 706. The van der Waals surface area contributed by atoms with E-state index in [1.54, 1.807) is 0 Å². The summed E-state index contributed by atoms with van der Waals surface area (Å²) in [5, 5.41) is 23.9. The normalized spacial score (nSPS) is 13.2. The van der Waals surface area contributed by atoms with E-state index in [1.807, 2.05) is 44.4 Å². The molecule has 0 aliphatic heterocycles. The van der Waals surface area contributed by atoms with Gasteiger partial charge in [0.2, 0.25) is 0 Å². The van der Waals surface area contributed by atoms with Crippen molar-refractivity contribution < 1.29 is 14.9 Å². The van der Waals surface area contributed by atoms with E-state index in [9.17, 15) is 10.2 Å². The van der Waals surface area contributed by atoms with Gasteiger partial charge in [-0.3, -0.25) is 0 Å². The lowest BCUT2D eigenvalue weighted by molar-refractivity contribution is 0.102. The summed E-state index contributed by atoms with van der Waals surface area (Å²) in [6, 6.07) is 15.9. The fraction of sp³-hybridized carbons (Fsp3) is 0.478. The van der Waals surface area contributed by atoms with Gasteiger partial charge in [-0.05, 0) is 49.6 Å². The molecule has 0 aromatic heterocycles. The zero-order valence-electron chi connectivity index (χ0n) is 17.3. The molecule has 2 aromatic rings. The molecule has 0 radical (unpaired) electrons. The molecule has 0 saturated heterocycles. The Morgan fingerprint density at radius 3 is 2.61 bits per heavy atom. The first kappa shape index (κ1) is 22.2. The van der Waals surface area contributed by atoms with Crippen LogP contribution in [-0.2, 0) is 6.42 Å². The van der Waals surface area contributed by atoms with Gasteiger partial charge in [-0.1, -0.05) is 37.3 Å². The molecule has 0 aliphatic rings. The van der Waals surface area contributed by atoms with Crippen LogP contribution in [0.5, 0.6) is 5.75 Å². The third-order valence-electron chi connectivity index (χ3n) is 4.65. The SMILES string of the molecule is CCCNCC(O)COc1ccccc1C(O)CCc1cccc(N(C)C)c1. The molecule has 0 aliphatic carbocycles. The van der Waals surface area contributed by atoms with Crippen LogP contribution in [0.15, 0.2) is 48.5 Å². The number of anilines is 1. The molecule has 5 nitrogen and oxygen atoms in total. The summed E-state index contributed by atoms with van der Waals surface area (Å²) in [4.78, 5) is 2.07. The fourth-order valence-corrected chi connectivity index (χ4v) is 3.03. The number of hydrogen-bond acceptors (Lipinski definition) is 5. The highest BCUT2D eigenvalue weighted by Gasteiger charge is 2.15. The van der Waals surface area contributed by atoms with Crippen molar-refractivity contribution in [3.8, 4) is 5.75 Å². The predicted octanol–water partition coefficient (Wildman–Crippen LogP) is 3.16. The van der Waals surface area contributed by atoms with Crippen LogP contribution in [0.2, 0.25) is 0 Å². The number of nitrogens with one attached hydrogen (secondary N) is 1. The number of rotatable bonds is 12. The summed E-state index contributed by atoms with van der Waals surface area (Å²) in [6.45, 7) is 3.66. The first-order valence-corrected chi connectivity index (χ1v) is 10.1. The van der Waals surface area contributed by atoms with Gasteiger partial charge < -0.3 is 25.2 Å². The largest absolute Gasteiger partial charge is 0.490 e. The van der Waals surface area contributed by atoms with E-state index < -0.39 is 12.2 Å². The van der Waals surface area contributed by atoms with Crippen molar-refractivity contribution in [2.45, 2.75) is 38.4 Å². The number of ether oxygens (including phenoxy) is 1. The topological polar surface area (TPSA) is 65.0 Å². The second-order valence-electron chi connectivity index (χ2n) is 7.33. The average Bonchev–Trinajstić information content (AvgIpc) is 2.71. The molecule has 2 atom stereocenters. The van der Waals surface area contributed by atoms with Gasteiger partial charge in [0.25, 0.3) is 0 Å². The number of nitrogens with zero attached hydrogens (tertiary/aromatic N) is 1. The van der Waals surface area contributed by atoms with Crippen LogP contribution in [0.4, 0.5) is 5.69 Å². The van der Waals surface area contributed by atoms with E-state index in [0.717, 1.165) is 30.6 Å². The second-order valence-corrected chi connectivity index (χ2v) is 7.33. The van der Waals surface area contributed by atoms with Gasteiger partial charge >= 0.3 is 0 Å². The number of benzene rings is 2. The fourth-order valence-electron chi connectivity index (χ4n) is 3.03. The molecule has 0 fully saturated rings. The van der Waals surface area contributed by atoms with Crippen LogP contribution in [0.25, 0.3) is 0 Å². The quantitative estimate of drug-likeness (QED) is 0.489. The second kappa shape index (κ2) is 11.7. The Morgan fingerprint density at radius 2 is 1.86 bits per heavy atom. The Labute approximate surface area is 169 Å². The molecule has 2 rings (SSSR count). The number of aliphatic hydroxyl groups is 2. The highest BCUT2D eigenvalue weighted by atomic mass is 16.5. The van der Waals surface area contributed by atoms with Crippen LogP contribution in [0.1, 0.15) is 37.0 Å². The molecule has 154 valence electrons. The highest BCUT2D eigenvalue weighted by molar-refractivity contribution is 5.47. The van der Waals surface area contributed by atoms with E-state index in [0.29, 0.717) is 18.7 Å². The lowest BCUT2D eigenvalue weighted by atomic mass is 10.00. The zero-order chi connectivity index (χ0) is 20.4. The molecule has 3 N–H and O–H groups in total. The van der Waals surface area contributed by atoms with Crippen molar-refractivity contribution in [3.63, 3.8) is 0 Å². The monoisotopic (exact) mass is 386 g/mol. The smallest absolute Gasteiger partial charge is 0.125 e. The lowest BCUT2D eigenvalue weighted by Gasteiger charge is -2.19. The predicted molar refractivity (Wildman–Crippen MR) is 115 cm³/mol. The van der Waals surface area contributed by atoms with Crippen molar-refractivity contribution in [2.24, 2.45) is 0 Å². The van der Waals surface area contributed by atoms with Crippen molar-refractivity contribution in [1.82, 2.24) is 5.32 Å². The van der Waals surface area contributed by atoms with Crippen LogP contribution >= 0.6 is 0 Å². The van der Waals surface area contributed by atoms with Crippen LogP contribution in [0.3, 0.4) is 0 Å². The summed E-state index contributed by atoms with van der Waals surface area (Å²) in [6.07, 6.45) is 1.22. The summed E-state index contributed by atoms with van der Waals surface area (Å²) in [5.41, 5.74) is 3.11. The summed E-state index contributed by atoms with van der Waals surface area (Å²) >= 11 is 0. The maximum atomic E-state index is 10.7. The first-order chi connectivity index (χ1) is 13.5. The van der Waals surface area contributed by atoms with E-state index >= 15 is 0 Å².